The van der Waals surface area contributed by atoms with Crippen molar-refractivity contribution in [3.05, 3.63) is 59.7 Å². The first kappa shape index (κ1) is 15.7. The van der Waals surface area contributed by atoms with Crippen LogP contribution in [0.3, 0.4) is 0 Å². The fraction of sp³-hybridized carbons (Fsp3) is 0.235. The van der Waals surface area contributed by atoms with Crippen molar-refractivity contribution in [1.29, 1.82) is 0 Å². The molecule has 116 valence electrons. The summed E-state index contributed by atoms with van der Waals surface area (Å²) in [5.41, 5.74) is 1.96. The van der Waals surface area contributed by atoms with Crippen LogP contribution in [0, 0.1) is 0 Å². The van der Waals surface area contributed by atoms with Crippen molar-refractivity contribution in [3.8, 4) is 11.5 Å². The maximum atomic E-state index is 11.8. The van der Waals surface area contributed by atoms with Crippen LogP contribution in [0.2, 0.25) is 0 Å². The van der Waals surface area contributed by atoms with Gasteiger partial charge in [-0.15, -0.1) is 0 Å². The highest BCUT2D eigenvalue weighted by molar-refractivity contribution is 5.73. The second-order valence-electron chi connectivity index (χ2n) is 4.74. The zero-order valence-corrected chi connectivity index (χ0v) is 12.8. The third-order valence-electron chi connectivity index (χ3n) is 3.17. The van der Waals surface area contributed by atoms with Gasteiger partial charge in [-0.2, -0.15) is 0 Å². The molecule has 0 spiro atoms. The Morgan fingerprint density at radius 3 is 1.73 bits per heavy atom. The minimum Gasteiger partial charge on any atom is -0.497 e. The van der Waals surface area contributed by atoms with Crippen molar-refractivity contribution in [2.24, 2.45) is 0 Å². The van der Waals surface area contributed by atoms with Gasteiger partial charge in [0.25, 0.3) is 0 Å². The van der Waals surface area contributed by atoms with Crippen molar-refractivity contribution in [2.45, 2.75) is 13.1 Å². The third kappa shape index (κ3) is 4.70. The van der Waals surface area contributed by atoms with Gasteiger partial charge in [-0.1, -0.05) is 24.3 Å². The molecule has 0 saturated carbocycles. The molecule has 5 heteroatoms. The van der Waals surface area contributed by atoms with Gasteiger partial charge in [0.1, 0.15) is 11.5 Å². The number of urea groups is 1. The topological polar surface area (TPSA) is 59.6 Å². The molecule has 0 fully saturated rings. The second-order valence-corrected chi connectivity index (χ2v) is 4.74. The third-order valence-corrected chi connectivity index (χ3v) is 3.17. The van der Waals surface area contributed by atoms with Gasteiger partial charge >= 0.3 is 6.03 Å². The Kier molecular flexibility index (Phi) is 5.65. The predicted molar refractivity (Wildman–Crippen MR) is 85.1 cm³/mol. The molecule has 0 aliphatic heterocycles. The molecule has 2 aromatic rings. The number of ether oxygens (including phenoxy) is 2. The number of methoxy groups -OCH3 is 2. The van der Waals surface area contributed by atoms with E-state index < -0.39 is 0 Å². The maximum absolute atomic E-state index is 11.8. The predicted octanol–water partition coefficient (Wildman–Crippen LogP) is 2.70. The standard InChI is InChI=1S/C17H20N2O3/c1-21-15-7-3-5-13(9-15)11-18-17(20)19-12-14-6-4-8-16(10-14)22-2/h3-10H,11-12H2,1-2H3,(H2,18,19,20). The minimum absolute atomic E-state index is 0.217. The number of carbonyl (C=O) groups excluding carboxylic acids is 1. The van der Waals surface area contributed by atoms with Gasteiger partial charge in [-0.05, 0) is 35.4 Å². The minimum atomic E-state index is -0.217. The fourth-order valence-corrected chi connectivity index (χ4v) is 1.99. The molecule has 0 unspecified atom stereocenters. The van der Waals surface area contributed by atoms with E-state index in [1.165, 1.54) is 0 Å². The maximum Gasteiger partial charge on any atom is 0.315 e. The molecule has 0 saturated heterocycles. The number of hydrogen-bond donors (Lipinski definition) is 2. The first-order valence-corrected chi connectivity index (χ1v) is 6.99. The highest BCUT2D eigenvalue weighted by atomic mass is 16.5. The van der Waals surface area contributed by atoms with Crippen LogP contribution in [0.5, 0.6) is 11.5 Å². The number of benzene rings is 2. The van der Waals surface area contributed by atoms with Crippen LogP contribution in [0.25, 0.3) is 0 Å². The van der Waals surface area contributed by atoms with Crippen molar-refractivity contribution in [2.75, 3.05) is 14.2 Å². The summed E-state index contributed by atoms with van der Waals surface area (Å²) in [5.74, 6) is 1.55. The van der Waals surface area contributed by atoms with Gasteiger partial charge in [0, 0.05) is 13.1 Å². The van der Waals surface area contributed by atoms with Crippen molar-refractivity contribution in [1.82, 2.24) is 10.6 Å². The second kappa shape index (κ2) is 7.93. The summed E-state index contributed by atoms with van der Waals surface area (Å²) in [5, 5.41) is 5.62. The molecule has 2 N–H and O–H groups in total. The largest absolute Gasteiger partial charge is 0.497 e. The number of carbonyl (C=O) groups is 1. The average Bonchev–Trinajstić information content (AvgIpc) is 2.58. The lowest BCUT2D eigenvalue weighted by Crippen LogP contribution is -2.34. The van der Waals surface area contributed by atoms with Crippen molar-refractivity contribution in [3.63, 3.8) is 0 Å². The van der Waals surface area contributed by atoms with E-state index in [0.717, 1.165) is 22.6 Å². The van der Waals surface area contributed by atoms with E-state index in [4.69, 9.17) is 9.47 Å². The molecule has 0 bridgehead atoms. The Bertz CT molecular complexity index is 575. The summed E-state index contributed by atoms with van der Waals surface area (Å²) in [6.45, 7) is 0.891. The summed E-state index contributed by atoms with van der Waals surface area (Å²) in [6.07, 6.45) is 0. The average molecular weight is 300 g/mol. The molecule has 0 radical (unpaired) electrons. The van der Waals surface area contributed by atoms with Crippen LogP contribution in [0.4, 0.5) is 4.79 Å². The molecule has 22 heavy (non-hydrogen) atoms. The van der Waals surface area contributed by atoms with Crippen LogP contribution in [-0.2, 0) is 13.1 Å². The summed E-state index contributed by atoms with van der Waals surface area (Å²) in [7, 11) is 3.24. The molecular weight excluding hydrogens is 280 g/mol. The van der Waals surface area contributed by atoms with Crippen LogP contribution >= 0.6 is 0 Å². The smallest absolute Gasteiger partial charge is 0.315 e. The summed E-state index contributed by atoms with van der Waals surface area (Å²) in [4.78, 5) is 11.8. The van der Waals surface area contributed by atoms with Gasteiger partial charge in [0.2, 0.25) is 0 Å². The number of nitrogens with one attached hydrogen (secondary N) is 2. The van der Waals surface area contributed by atoms with E-state index in [1.54, 1.807) is 14.2 Å². The highest BCUT2D eigenvalue weighted by Gasteiger charge is 2.02. The molecule has 2 amide bonds. The summed E-state index contributed by atoms with van der Waals surface area (Å²) < 4.78 is 10.3. The lowest BCUT2D eigenvalue weighted by molar-refractivity contribution is 0.240. The van der Waals surface area contributed by atoms with E-state index in [2.05, 4.69) is 10.6 Å². The number of rotatable bonds is 6. The Hall–Kier alpha value is -2.69. The lowest BCUT2D eigenvalue weighted by Gasteiger charge is -2.09. The van der Waals surface area contributed by atoms with Crippen LogP contribution in [0.15, 0.2) is 48.5 Å². The molecule has 0 aliphatic carbocycles. The number of hydrogen-bond acceptors (Lipinski definition) is 3. The Labute approximate surface area is 130 Å². The molecule has 2 rings (SSSR count). The van der Waals surface area contributed by atoms with Gasteiger partial charge in [-0.3, -0.25) is 0 Å². The molecule has 0 heterocycles. The Balaban J connectivity index is 1.80. The van der Waals surface area contributed by atoms with Crippen LogP contribution in [-0.4, -0.2) is 20.3 Å². The van der Waals surface area contributed by atoms with E-state index >= 15 is 0 Å². The summed E-state index contributed by atoms with van der Waals surface area (Å²) in [6, 6.07) is 15.0. The van der Waals surface area contributed by atoms with Gasteiger partial charge in [-0.25, -0.2) is 4.79 Å². The summed E-state index contributed by atoms with van der Waals surface area (Å²) >= 11 is 0. The first-order valence-electron chi connectivity index (χ1n) is 6.99. The molecular formula is C17H20N2O3. The molecule has 0 atom stereocenters. The molecule has 0 aliphatic rings. The fourth-order valence-electron chi connectivity index (χ4n) is 1.99. The van der Waals surface area contributed by atoms with E-state index in [0.29, 0.717) is 13.1 Å². The normalized spacial score (nSPS) is 9.91. The quantitative estimate of drug-likeness (QED) is 0.862. The zero-order chi connectivity index (χ0) is 15.8. The van der Waals surface area contributed by atoms with Crippen molar-refractivity contribution < 1.29 is 14.3 Å². The number of amides is 2. The Morgan fingerprint density at radius 1 is 0.864 bits per heavy atom. The van der Waals surface area contributed by atoms with E-state index in [9.17, 15) is 4.79 Å². The van der Waals surface area contributed by atoms with Gasteiger partial charge < -0.3 is 20.1 Å². The Morgan fingerprint density at radius 2 is 1.32 bits per heavy atom. The molecule has 0 aromatic heterocycles. The monoisotopic (exact) mass is 300 g/mol. The van der Waals surface area contributed by atoms with Crippen LogP contribution in [0.1, 0.15) is 11.1 Å². The zero-order valence-electron chi connectivity index (χ0n) is 12.8. The van der Waals surface area contributed by atoms with Gasteiger partial charge in [0.15, 0.2) is 0 Å². The lowest BCUT2D eigenvalue weighted by atomic mass is 10.2. The molecule has 2 aromatic carbocycles. The SMILES string of the molecule is COc1cccc(CNC(=O)NCc2cccc(OC)c2)c1. The van der Waals surface area contributed by atoms with E-state index in [1.807, 2.05) is 48.5 Å². The van der Waals surface area contributed by atoms with Crippen molar-refractivity contribution >= 4 is 6.03 Å². The van der Waals surface area contributed by atoms with E-state index in [-0.39, 0.29) is 6.03 Å². The first-order chi connectivity index (χ1) is 10.7. The molecule has 5 nitrogen and oxygen atoms in total. The van der Waals surface area contributed by atoms with Crippen LogP contribution < -0.4 is 20.1 Å². The highest BCUT2D eigenvalue weighted by Crippen LogP contribution is 2.13. The van der Waals surface area contributed by atoms with Gasteiger partial charge in [0.05, 0.1) is 14.2 Å².